The number of benzene rings is 1. The van der Waals surface area contributed by atoms with E-state index in [4.69, 9.17) is 9.47 Å². The Morgan fingerprint density at radius 3 is 2.13 bits per heavy atom. The molecule has 0 amide bonds. The minimum Gasteiger partial charge on any atom is -0.550 e. The van der Waals surface area contributed by atoms with E-state index in [1.165, 1.54) is 25.3 Å². The Labute approximate surface area is 182 Å². The molecule has 8 heteroatoms. The van der Waals surface area contributed by atoms with Crippen molar-refractivity contribution in [3.63, 3.8) is 0 Å². The Morgan fingerprint density at radius 2 is 1.58 bits per heavy atom. The zero-order valence-corrected chi connectivity index (χ0v) is 18.8. The Bertz CT molecular complexity index is 782. The number of methoxy groups -OCH3 is 1. The van der Waals surface area contributed by atoms with Gasteiger partial charge in [-0.05, 0) is 43.4 Å². The number of carbonyl (C=O) groups excluding carboxylic acids is 4. The number of rotatable bonds is 12. The van der Waals surface area contributed by atoms with Crippen LogP contribution >= 0.6 is 0 Å². The van der Waals surface area contributed by atoms with Crippen LogP contribution in [0.5, 0.6) is 0 Å². The van der Waals surface area contributed by atoms with Gasteiger partial charge in [0.1, 0.15) is 12.7 Å². The predicted molar refractivity (Wildman–Crippen MR) is 110 cm³/mol. The van der Waals surface area contributed by atoms with Crippen molar-refractivity contribution in [2.24, 2.45) is 11.3 Å². The van der Waals surface area contributed by atoms with Crippen molar-refractivity contribution in [2.45, 2.75) is 59.5 Å². The molecule has 1 aromatic carbocycles. The van der Waals surface area contributed by atoms with Gasteiger partial charge in [0.25, 0.3) is 0 Å². The van der Waals surface area contributed by atoms with Gasteiger partial charge in [-0.1, -0.05) is 33.8 Å². The molecule has 0 radical (unpaired) electrons. The van der Waals surface area contributed by atoms with E-state index in [1.54, 1.807) is 6.07 Å². The van der Waals surface area contributed by atoms with E-state index >= 15 is 0 Å². The van der Waals surface area contributed by atoms with Crippen LogP contribution in [0.2, 0.25) is 0 Å². The maximum Gasteiger partial charge on any atom is 0.338 e. The van der Waals surface area contributed by atoms with Gasteiger partial charge in [-0.2, -0.15) is 0 Å². The molecule has 0 saturated carbocycles. The molecule has 0 saturated heterocycles. The first-order chi connectivity index (χ1) is 14.5. The van der Waals surface area contributed by atoms with Crippen LogP contribution in [0, 0.1) is 11.3 Å². The highest BCUT2D eigenvalue weighted by molar-refractivity contribution is 5.95. The van der Waals surface area contributed by atoms with Crippen molar-refractivity contribution in [2.75, 3.05) is 13.7 Å². The number of esters is 3. The number of carbonyl (C=O) groups is 4. The van der Waals surface area contributed by atoms with Gasteiger partial charge in [0.2, 0.25) is 0 Å². The van der Waals surface area contributed by atoms with Crippen LogP contribution in [0.25, 0.3) is 0 Å². The van der Waals surface area contributed by atoms with Gasteiger partial charge in [-0.15, -0.1) is 0 Å². The van der Waals surface area contributed by atoms with Crippen molar-refractivity contribution < 1.29 is 38.5 Å². The zero-order valence-electron chi connectivity index (χ0n) is 18.8. The highest BCUT2D eigenvalue weighted by Gasteiger charge is 2.36. The van der Waals surface area contributed by atoms with Gasteiger partial charge in [0.05, 0.1) is 18.2 Å². The van der Waals surface area contributed by atoms with Gasteiger partial charge in [-0.25, -0.2) is 9.59 Å². The Balaban J connectivity index is 2.71. The Morgan fingerprint density at radius 1 is 1.00 bits per heavy atom. The largest absolute Gasteiger partial charge is 0.550 e. The lowest BCUT2D eigenvalue weighted by Crippen LogP contribution is -2.41. The molecule has 0 N–H and O–H groups in total. The molecular formula is C23H31O8-. The maximum atomic E-state index is 12.5. The molecule has 1 unspecified atom stereocenters. The smallest absolute Gasteiger partial charge is 0.338 e. The third-order valence-corrected chi connectivity index (χ3v) is 4.74. The molecule has 0 aliphatic carbocycles. The Kier molecular flexibility index (Phi) is 10.2. The number of carboxylic acids is 1. The number of aliphatic carboxylic acids is 1. The van der Waals surface area contributed by atoms with Gasteiger partial charge in [0, 0.05) is 17.8 Å². The SMILES string of the molecule is COC(=O)c1cccc(C(=O)OCC(C)(C)C(OC(=O)CCCCC(=O)[O-])C(C)C)c1. The summed E-state index contributed by atoms with van der Waals surface area (Å²) in [6.45, 7) is 7.46. The first-order valence-electron chi connectivity index (χ1n) is 10.2. The minimum atomic E-state index is -1.14. The summed E-state index contributed by atoms with van der Waals surface area (Å²) in [5.74, 6) is -2.77. The molecule has 0 aromatic heterocycles. The molecule has 31 heavy (non-hydrogen) atoms. The second-order valence-corrected chi connectivity index (χ2v) is 8.37. The molecule has 8 nitrogen and oxygen atoms in total. The zero-order chi connectivity index (χ0) is 23.6. The van der Waals surface area contributed by atoms with Crippen molar-refractivity contribution >= 4 is 23.9 Å². The van der Waals surface area contributed by atoms with Crippen LogP contribution in [0.4, 0.5) is 0 Å². The lowest BCUT2D eigenvalue weighted by atomic mass is 9.81. The van der Waals surface area contributed by atoms with Crippen molar-refractivity contribution in [1.29, 1.82) is 0 Å². The van der Waals surface area contributed by atoms with Crippen LogP contribution in [0.15, 0.2) is 24.3 Å². The molecule has 0 spiro atoms. The molecule has 0 heterocycles. The summed E-state index contributed by atoms with van der Waals surface area (Å²) >= 11 is 0. The van der Waals surface area contributed by atoms with Crippen LogP contribution in [-0.2, 0) is 23.8 Å². The summed E-state index contributed by atoms with van der Waals surface area (Å²) in [5.41, 5.74) is -0.224. The van der Waals surface area contributed by atoms with E-state index in [0.717, 1.165) is 0 Å². The van der Waals surface area contributed by atoms with Crippen molar-refractivity contribution in [3.8, 4) is 0 Å². The van der Waals surface area contributed by atoms with Gasteiger partial charge < -0.3 is 24.1 Å². The summed E-state index contributed by atoms with van der Waals surface area (Å²) in [7, 11) is 1.26. The van der Waals surface area contributed by atoms with Crippen LogP contribution in [0.1, 0.15) is 74.1 Å². The third-order valence-electron chi connectivity index (χ3n) is 4.74. The number of unbranched alkanes of at least 4 members (excludes halogenated alkanes) is 1. The second-order valence-electron chi connectivity index (χ2n) is 8.37. The number of carboxylic acid groups (broad SMARTS) is 1. The summed E-state index contributed by atoms with van der Waals surface area (Å²) in [6, 6.07) is 6.03. The van der Waals surface area contributed by atoms with Crippen molar-refractivity contribution in [1.82, 2.24) is 0 Å². The predicted octanol–water partition coefficient (Wildman–Crippen LogP) is 2.53. The topological polar surface area (TPSA) is 119 Å². The molecule has 1 atom stereocenters. The van der Waals surface area contributed by atoms with E-state index < -0.39 is 35.4 Å². The molecule has 1 rings (SSSR count). The van der Waals surface area contributed by atoms with Crippen molar-refractivity contribution in [3.05, 3.63) is 35.4 Å². The lowest BCUT2D eigenvalue weighted by molar-refractivity contribution is -0.305. The van der Waals surface area contributed by atoms with E-state index in [9.17, 15) is 24.3 Å². The van der Waals surface area contributed by atoms with Crippen LogP contribution < -0.4 is 5.11 Å². The standard InChI is InChI=1S/C23H32O8/c1-15(2)20(31-19(26)12-7-6-11-18(24)25)23(3,4)14-30-22(28)17-10-8-9-16(13-17)21(27)29-5/h8-10,13,15,20H,6-7,11-12,14H2,1-5H3,(H,24,25)/p-1. The molecule has 0 fully saturated rings. The fourth-order valence-electron chi connectivity index (χ4n) is 3.25. The van der Waals surface area contributed by atoms with Crippen LogP contribution in [0.3, 0.4) is 0 Å². The molecular weight excluding hydrogens is 404 g/mol. The quantitative estimate of drug-likeness (QED) is 0.279. The number of hydrogen-bond acceptors (Lipinski definition) is 8. The fourth-order valence-corrected chi connectivity index (χ4v) is 3.25. The molecule has 0 aliphatic rings. The molecule has 0 aliphatic heterocycles. The summed E-state index contributed by atoms with van der Waals surface area (Å²) in [4.78, 5) is 46.8. The average Bonchev–Trinajstić information content (AvgIpc) is 2.72. The molecule has 1 aromatic rings. The monoisotopic (exact) mass is 435 g/mol. The van der Waals surface area contributed by atoms with Crippen LogP contribution in [-0.4, -0.2) is 43.7 Å². The maximum absolute atomic E-state index is 12.5. The Hall–Kier alpha value is -2.90. The second kappa shape index (κ2) is 12.1. The minimum absolute atomic E-state index is 0.00487. The fraction of sp³-hybridized carbons (Fsp3) is 0.565. The van der Waals surface area contributed by atoms with E-state index in [2.05, 4.69) is 4.74 Å². The summed E-state index contributed by atoms with van der Waals surface area (Å²) in [6.07, 6.45) is 0.223. The van der Waals surface area contributed by atoms with Gasteiger partial charge in [0.15, 0.2) is 0 Å². The first kappa shape index (κ1) is 26.1. The van der Waals surface area contributed by atoms with Gasteiger partial charge >= 0.3 is 17.9 Å². The third kappa shape index (κ3) is 8.78. The summed E-state index contributed by atoms with van der Waals surface area (Å²) in [5, 5.41) is 10.4. The highest BCUT2D eigenvalue weighted by Crippen LogP contribution is 2.30. The van der Waals surface area contributed by atoms with Gasteiger partial charge in [-0.3, -0.25) is 4.79 Å². The highest BCUT2D eigenvalue weighted by atomic mass is 16.6. The van der Waals surface area contributed by atoms with E-state index in [-0.39, 0.29) is 36.5 Å². The van der Waals surface area contributed by atoms with E-state index in [1.807, 2.05) is 27.7 Å². The number of ether oxygens (including phenoxy) is 3. The normalized spacial score (nSPS) is 12.2. The first-order valence-corrected chi connectivity index (χ1v) is 10.2. The summed E-state index contributed by atoms with van der Waals surface area (Å²) < 4.78 is 15.7. The van der Waals surface area contributed by atoms with E-state index in [0.29, 0.717) is 12.8 Å². The number of hydrogen-bond donors (Lipinski definition) is 0. The molecule has 172 valence electrons. The average molecular weight is 435 g/mol. The lowest BCUT2D eigenvalue weighted by Gasteiger charge is -2.36. The molecule has 0 bridgehead atoms.